The number of hydrogen-bond acceptors (Lipinski definition) is 1. The molecule has 1 saturated carbocycles. The van der Waals surface area contributed by atoms with Crippen LogP contribution in [0.2, 0.25) is 10.0 Å². The summed E-state index contributed by atoms with van der Waals surface area (Å²) >= 11 is 11.9. The van der Waals surface area contributed by atoms with Crippen LogP contribution in [0.5, 0.6) is 0 Å². The highest BCUT2D eigenvalue weighted by atomic mass is 35.5. The normalized spacial score (nSPS) is 19.7. The first-order valence-electron chi connectivity index (χ1n) is 5.22. The second-order valence-corrected chi connectivity index (χ2v) is 5.55. The lowest BCUT2D eigenvalue weighted by atomic mass is 10.0. The van der Waals surface area contributed by atoms with Gasteiger partial charge in [0.25, 0.3) is 0 Å². The standard InChI is InChI=1S/C12H15Cl2N/c1-8(12(2)3-4-12)15-11-6-9(13)5-10(14)7-11/h5-8,15H,3-4H2,1-2H3. The minimum atomic E-state index is 0.453. The molecule has 15 heavy (non-hydrogen) atoms. The second-order valence-electron chi connectivity index (χ2n) is 4.68. The van der Waals surface area contributed by atoms with Gasteiger partial charge in [-0.15, -0.1) is 0 Å². The molecule has 0 aromatic heterocycles. The van der Waals surface area contributed by atoms with Gasteiger partial charge in [0.1, 0.15) is 0 Å². The molecule has 1 aromatic carbocycles. The molecule has 0 heterocycles. The zero-order valence-corrected chi connectivity index (χ0v) is 10.5. The molecule has 2 rings (SSSR count). The first-order chi connectivity index (χ1) is 6.99. The van der Waals surface area contributed by atoms with E-state index in [2.05, 4.69) is 19.2 Å². The van der Waals surface area contributed by atoms with E-state index in [0.717, 1.165) is 5.69 Å². The molecular weight excluding hydrogens is 229 g/mol. The highest BCUT2D eigenvalue weighted by Gasteiger charge is 2.42. The highest BCUT2D eigenvalue weighted by Crippen LogP contribution is 2.48. The Kier molecular flexibility index (Phi) is 2.87. The molecule has 0 aliphatic heterocycles. The minimum Gasteiger partial charge on any atom is -0.382 e. The first-order valence-corrected chi connectivity index (χ1v) is 5.98. The Morgan fingerprint density at radius 1 is 1.20 bits per heavy atom. The van der Waals surface area contributed by atoms with Gasteiger partial charge in [-0.25, -0.2) is 0 Å². The molecule has 0 amide bonds. The molecule has 0 spiro atoms. The predicted molar refractivity (Wildman–Crippen MR) is 66.9 cm³/mol. The summed E-state index contributed by atoms with van der Waals surface area (Å²) in [5.74, 6) is 0. The van der Waals surface area contributed by atoms with Crippen LogP contribution in [0.4, 0.5) is 5.69 Å². The number of benzene rings is 1. The number of rotatable bonds is 3. The molecule has 1 atom stereocenters. The van der Waals surface area contributed by atoms with Crippen LogP contribution in [0.15, 0.2) is 18.2 Å². The fourth-order valence-corrected chi connectivity index (χ4v) is 2.22. The van der Waals surface area contributed by atoms with Crippen LogP contribution < -0.4 is 5.32 Å². The third-order valence-corrected chi connectivity index (χ3v) is 3.77. The average Bonchev–Trinajstić information content (AvgIpc) is 2.83. The molecule has 1 aromatic rings. The molecule has 3 heteroatoms. The average molecular weight is 244 g/mol. The van der Waals surface area contributed by atoms with Crippen LogP contribution in [-0.2, 0) is 0 Å². The van der Waals surface area contributed by atoms with Gasteiger partial charge < -0.3 is 5.32 Å². The van der Waals surface area contributed by atoms with Gasteiger partial charge in [-0.1, -0.05) is 30.1 Å². The molecule has 1 aliphatic carbocycles. The van der Waals surface area contributed by atoms with Gasteiger partial charge in [0, 0.05) is 21.8 Å². The Bertz CT molecular complexity index is 352. The monoisotopic (exact) mass is 243 g/mol. The van der Waals surface area contributed by atoms with E-state index < -0.39 is 0 Å². The lowest BCUT2D eigenvalue weighted by molar-refractivity contribution is 0.493. The smallest absolute Gasteiger partial charge is 0.0441 e. The van der Waals surface area contributed by atoms with Crippen LogP contribution >= 0.6 is 23.2 Å². The van der Waals surface area contributed by atoms with Gasteiger partial charge in [0.15, 0.2) is 0 Å². The summed E-state index contributed by atoms with van der Waals surface area (Å²) in [4.78, 5) is 0. The minimum absolute atomic E-state index is 0.453. The van der Waals surface area contributed by atoms with Crippen LogP contribution in [0.1, 0.15) is 26.7 Å². The van der Waals surface area contributed by atoms with E-state index in [1.165, 1.54) is 12.8 Å². The van der Waals surface area contributed by atoms with Crippen molar-refractivity contribution in [1.82, 2.24) is 0 Å². The molecular formula is C12H15Cl2N. The van der Waals surface area contributed by atoms with Gasteiger partial charge in [-0.2, -0.15) is 0 Å². The number of halogens is 2. The SMILES string of the molecule is CC(Nc1cc(Cl)cc(Cl)c1)C1(C)CC1. The van der Waals surface area contributed by atoms with Crippen LogP contribution in [0.25, 0.3) is 0 Å². The van der Waals surface area contributed by atoms with Gasteiger partial charge >= 0.3 is 0 Å². The van der Waals surface area contributed by atoms with Gasteiger partial charge in [-0.05, 0) is 43.4 Å². The maximum atomic E-state index is 5.94. The molecule has 1 unspecified atom stereocenters. The third-order valence-electron chi connectivity index (χ3n) is 3.33. The van der Waals surface area contributed by atoms with Crippen molar-refractivity contribution >= 4 is 28.9 Å². The van der Waals surface area contributed by atoms with E-state index in [1.807, 2.05) is 12.1 Å². The summed E-state index contributed by atoms with van der Waals surface area (Å²) in [6.45, 7) is 4.51. The lowest BCUT2D eigenvalue weighted by Crippen LogP contribution is -2.24. The Morgan fingerprint density at radius 2 is 1.73 bits per heavy atom. The first kappa shape index (κ1) is 11.1. The van der Waals surface area contributed by atoms with E-state index in [9.17, 15) is 0 Å². The number of nitrogens with one attached hydrogen (secondary N) is 1. The quantitative estimate of drug-likeness (QED) is 0.819. The Hall–Kier alpha value is -0.400. The molecule has 82 valence electrons. The van der Waals surface area contributed by atoms with Crippen molar-refractivity contribution in [2.75, 3.05) is 5.32 Å². The Morgan fingerprint density at radius 3 is 2.20 bits per heavy atom. The van der Waals surface area contributed by atoms with E-state index in [4.69, 9.17) is 23.2 Å². The fraction of sp³-hybridized carbons (Fsp3) is 0.500. The molecule has 0 radical (unpaired) electrons. The highest BCUT2D eigenvalue weighted by molar-refractivity contribution is 6.35. The maximum absolute atomic E-state index is 5.94. The molecule has 0 bridgehead atoms. The number of anilines is 1. The van der Waals surface area contributed by atoms with Crippen molar-refractivity contribution in [3.05, 3.63) is 28.2 Å². The lowest BCUT2D eigenvalue weighted by Gasteiger charge is -2.21. The van der Waals surface area contributed by atoms with Crippen molar-refractivity contribution in [3.8, 4) is 0 Å². The van der Waals surface area contributed by atoms with Crippen LogP contribution in [0.3, 0.4) is 0 Å². The third kappa shape index (κ3) is 2.59. The van der Waals surface area contributed by atoms with Crippen molar-refractivity contribution in [2.24, 2.45) is 5.41 Å². The van der Waals surface area contributed by atoms with Crippen molar-refractivity contribution in [2.45, 2.75) is 32.7 Å². The molecule has 1 N–H and O–H groups in total. The molecule has 1 nitrogen and oxygen atoms in total. The summed E-state index contributed by atoms with van der Waals surface area (Å²) in [5.41, 5.74) is 1.46. The zero-order valence-electron chi connectivity index (χ0n) is 8.98. The van der Waals surface area contributed by atoms with E-state index in [-0.39, 0.29) is 0 Å². The Labute approximate surface area is 101 Å². The molecule has 1 aliphatic rings. The summed E-state index contributed by atoms with van der Waals surface area (Å²) in [5, 5.41) is 4.81. The van der Waals surface area contributed by atoms with Crippen LogP contribution in [-0.4, -0.2) is 6.04 Å². The topological polar surface area (TPSA) is 12.0 Å². The number of hydrogen-bond donors (Lipinski definition) is 1. The largest absolute Gasteiger partial charge is 0.382 e. The molecule has 0 saturated heterocycles. The van der Waals surface area contributed by atoms with E-state index in [0.29, 0.717) is 21.5 Å². The summed E-state index contributed by atoms with van der Waals surface area (Å²) < 4.78 is 0. The van der Waals surface area contributed by atoms with E-state index >= 15 is 0 Å². The van der Waals surface area contributed by atoms with Crippen LogP contribution in [0, 0.1) is 5.41 Å². The second kappa shape index (κ2) is 3.88. The van der Waals surface area contributed by atoms with Crippen molar-refractivity contribution in [3.63, 3.8) is 0 Å². The maximum Gasteiger partial charge on any atom is 0.0441 e. The van der Waals surface area contributed by atoms with E-state index in [1.54, 1.807) is 6.07 Å². The van der Waals surface area contributed by atoms with Gasteiger partial charge in [0.2, 0.25) is 0 Å². The van der Waals surface area contributed by atoms with Gasteiger partial charge in [-0.3, -0.25) is 0 Å². The summed E-state index contributed by atoms with van der Waals surface area (Å²) in [6.07, 6.45) is 2.60. The Balaban J connectivity index is 2.10. The van der Waals surface area contributed by atoms with Crippen molar-refractivity contribution < 1.29 is 0 Å². The van der Waals surface area contributed by atoms with Gasteiger partial charge in [0.05, 0.1) is 0 Å². The van der Waals surface area contributed by atoms with Crippen molar-refractivity contribution in [1.29, 1.82) is 0 Å². The molecule has 1 fully saturated rings. The predicted octanol–water partition coefficient (Wildman–Crippen LogP) is 4.59. The fourth-order valence-electron chi connectivity index (χ4n) is 1.69. The summed E-state index contributed by atoms with van der Waals surface area (Å²) in [6, 6.07) is 6.04. The zero-order chi connectivity index (χ0) is 11.1. The summed E-state index contributed by atoms with van der Waals surface area (Å²) in [7, 11) is 0.